The van der Waals surface area contributed by atoms with E-state index in [1.807, 2.05) is 0 Å². The summed E-state index contributed by atoms with van der Waals surface area (Å²) in [5.41, 5.74) is 8.23. The van der Waals surface area contributed by atoms with E-state index in [4.69, 9.17) is 0 Å². The number of aryl methyl sites for hydroxylation is 1. The summed E-state index contributed by atoms with van der Waals surface area (Å²) in [5.74, 6) is 0. The molecule has 3 aliphatic rings. The van der Waals surface area contributed by atoms with Gasteiger partial charge in [0.05, 0.1) is 8.07 Å². The van der Waals surface area contributed by atoms with Crippen molar-refractivity contribution in [3.05, 3.63) is 101 Å². The number of fused-ring (bicyclic) bond motifs is 1. The average Bonchev–Trinajstić information content (AvgIpc) is 3.39. The first-order valence-electron chi connectivity index (χ1n) is 10.1. The van der Waals surface area contributed by atoms with Crippen LogP contribution in [0.15, 0.2) is 84.4 Å². The van der Waals surface area contributed by atoms with Crippen molar-refractivity contribution in [1.29, 1.82) is 0 Å². The molecule has 0 N–H and O–H groups in total. The fourth-order valence-corrected chi connectivity index (χ4v) is 9.81. The third-order valence-corrected chi connectivity index (χ3v) is 10.6. The number of para-hydroxylation sites is 1. The van der Waals surface area contributed by atoms with Crippen LogP contribution in [-0.2, 0) is 26.2 Å². The molecule has 157 valence electrons. The predicted molar refractivity (Wildman–Crippen MR) is 123 cm³/mol. The van der Waals surface area contributed by atoms with E-state index < -0.39 is 8.07 Å². The number of aromatic nitrogens is 1. The van der Waals surface area contributed by atoms with Gasteiger partial charge < -0.3 is 29.4 Å². The van der Waals surface area contributed by atoms with Gasteiger partial charge in [-0.25, -0.2) is 0 Å². The van der Waals surface area contributed by atoms with Crippen LogP contribution in [0.25, 0.3) is 21.7 Å². The molecule has 5 heteroatoms. The molecule has 0 amide bonds. The van der Waals surface area contributed by atoms with E-state index in [9.17, 15) is 0 Å². The minimum absolute atomic E-state index is 0. The van der Waals surface area contributed by atoms with Gasteiger partial charge in [-0.1, -0.05) is 42.9 Å². The smallest absolute Gasteiger partial charge is 1.00 e. The Labute approximate surface area is 217 Å². The van der Waals surface area contributed by atoms with Crippen molar-refractivity contribution >= 4 is 24.0 Å². The quantitative estimate of drug-likeness (QED) is 0.250. The van der Waals surface area contributed by atoms with E-state index in [0.717, 1.165) is 5.54 Å². The zero-order valence-corrected chi connectivity index (χ0v) is 23.3. The first-order chi connectivity index (χ1) is 13.5. The standard InChI is InChI=1S/C17H19NSi.C9H7.2ClH.Zr/c1-11-10-14-15(17-12(2)16(14)19(17,3)4)18(11)13-8-6-5-7-9-13;1-2-5-9-7-3-6-8(9)4-1;;;/h5-10,16H,1-4H3;1-7H;2*1H;/q;-1;;;+3/p-2. The van der Waals surface area contributed by atoms with Crippen molar-refractivity contribution in [3.63, 3.8) is 0 Å². The van der Waals surface area contributed by atoms with Crippen molar-refractivity contribution in [2.24, 2.45) is 0 Å². The molecule has 0 spiro atoms. The first kappa shape index (κ1) is 26.0. The average molecular weight is 543 g/mol. The third kappa shape index (κ3) is 4.00. The number of hydrogen-bond acceptors (Lipinski definition) is 0. The van der Waals surface area contributed by atoms with Crippen LogP contribution >= 0.6 is 0 Å². The van der Waals surface area contributed by atoms with Crippen LogP contribution in [0, 0.1) is 6.92 Å². The number of allylic oxidation sites excluding steroid dienone is 1. The molecule has 7 rings (SSSR count). The number of hydrogen-bond donors (Lipinski definition) is 0. The van der Waals surface area contributed by atoms with Crippen molar-refractivity contribution in [2.75, 3.05) is 0 Å². The van der Waals surface area contributed by atoms with Crippen molar-refractivity contribution in [3.8, 4) is 5.69 Å². The first-order valence-corrected chi connectivity index (χ1v) is 13.2. The van der Waals surface area contributed by atoms with Gasteiger partial charge in [0, 0.05) is 22.6 Å². The van der Waals surface area contributed by atoms with E-state index in [2.05, 4.69) is 110 Å². The van der Waals surface area contributed by atoms with Crippen LogP contribution < -0.4 is 24.8 Å². The van der Waals surface area contributed by atoms with E-state index >= 15 is 0 Å². The molecule has 4 aromatic rings. The van der Waals surface area contributed by atoms with E-state index in [1.165, 1.54) is 27.8 Å². The normalized spacial score (nSPS) is 16.7. The Hall–Kier alpha value is -1.25. The molecule has 0 saturated carbocycles. The molecule has 0 saturated heterocycles. The Morgan fingerprint density at radius 3 is 2.16 bits per heavy atom. The van der Waals surface area contributed by atoms with Gasteiger partial charge in [0.15, 0.2) is 0 Å². The van der Waals surface area contributed by atoms with E-state index in [0.29, 0.717) is 0 Å². The Morgan fingerprint density at radius 2 is 1.52 bits per heavy atom. The predicted octanol–water partition coefficient (Wildman–Crippen LogP) is 1.02. The molecule has 2 bridgehead atoms. The zero-order chi connectivity index (χ0) is 19.5. The second-order valence-electron chi connectivity index (χ2n) is 8.63. The number of rotatable bonds is 1. The van der Waals surface area contributed by atoms with Gasteiger partial charge in [0.1, 0.15) is 0 Å². The summed E-state index contributed by atoms with van der Waals surface area (Å²) < 4.78 is 2.47. The molecular formula is C26H26Cl2NSiZr. The minimum Gasteiger partial charge on any atom is -1.00 e. The summed E-state index contributed by atoms with van der Waals surface area (Å²) >= 11 is 0. The molecule has 1 aromatic heterocycles. The van der Waals surface area contributed by atoms with Crippen LogP contribution in [0.4, 0.5) is 0 Å². The van der Waals surface area contributed by atoms with Crippen molar-refractivity contribution in [1.82, 2.24) is 4.57 Å². The maximum atomic E-state index is 2.52. The van der Waals surface area contributed by atoms with Gasteiger partial charge in [0.25, 0.3) is 0 Å². The van der Waals surface area contributed by atoms with Gasteiger partial charge in [-0.3, -0.25) is 0 Å². The fourth-order valence-electron chi connectivity index (χ4n) is 5.49. The van der Waals surface area contributed by atoms with E-state index in [1.54, 1.807) is 16.3 Å². The van der Waals surface area contributed by atoms with Crippen molar-refractivity contribution in [2.45, 2.75) is 32.5 Å². The summed E-state index contributed by atoms with van der Waals surface area (Å²) in [6.07, 6.45) is 0. The molecule has 3 heterocycles. The molecule has 2 aliphatic heterocycles. The fraction of sp³-hybridized carbons (Fsp3) is 0.192. The van der Waals surface area contributed by atoms with Gasteiger partial charge in [-0.05, 0) is 42.8 Å². The minimum atomic E-state index is -1.19. The largest absolute Gasteiger partial charge is 3.00 e. The second-order valence-corrected chi connectivity index (χ2v) is 13.1. The molecule has 1 unspecified atom stereocenters. The SMILES string of the molecule is CC1=C2c3c(cc(C)n3-c3ccccc3)C1[Si]2(C)C.[Cl-].[Cl-].[Zr+3].c1ccc2[cH-]ccc2c1. The molecule has 1 radical (unpaired) electrons. The number of halogens is 2. The molecule has 1 aliphatic carbocycles. The van der Waals surface area contributed by atoms with Crippen LogP contribution in [0.5, 0.6) is 0 Å². The van der Waals surface area contributed by atoms with Crippen LogP contribution in [0.1, 0.15) is 29.4 Å². The Morgan fingerprint density at radius 1 is 0.871 bits per heavy atom. The number of benzene rings is 2. The monoisotopic (exact) mass is 540 g/mol. The maximum Gasteiger partial charge on any atom is 3.00 e. The van der Waals surface area contributed by atoms with Crippen molar-refractivity contribution < 1.29 is 51.0 Å². The van der Waals surface area contributed by atoms with E-state index in [-0.39, 0.29) is 51.0 Å². The topological polar surface area (TPSA) is 4.93 Å². The summed E-state index contributed by atoms with van der Waals surface area (Å²) in [7, 11) is -1.19. The Kier molecular flexibility index (Phi) is 8.15. The van der Waals surface area contributed by atoms with Crippen LogP contribution in [0.2, 0.25) is 13.1 Å². The second kappa shape index (κ2) is 9.71. The molecule has 3 aromatic carbocycles. The van der Waals surface area contributed by atoms with Gasteiger partial charge in [-0.2, -0.15) is 17.5 Å². The molecule has 1 atom stereocenters. The number of nitrogens with zero attached hydrogens (tertiary/aromatic N) is 1. The summed E-state index contributed by atoms with van der Waals surface area (Å²) in [6.45, 7) is 9.60. The zero-order valence-electron chi connectivity index (χ0n) is 18.3. The Bertz CT molecular complexity index is 1190. The summed E-state index contributed by atoms with van der Waals surface area (Å²) in [5, 5.41) is 4.37. The molecule has 1 nitrogen and oxygen atoms in total. The van der Waals surface area contributed by atoms with Gasteiger partial charge >= 0.3 is 26.2 Å². The van der Waals surface area contributed by atoms with Gasteiger partial charge in [-0.15, -0.1) is 29.7 Å². The summed E-state index contributed by atoms with van der Waals surface area (Å²) in [4.78, 5) is 0. The molecule has 31 heavy (non-hydrogen) atoms. The van der Waals surface area contributed by atoms with Crippen LogP contribution in [-0.4, -0.2) is 12.6 Å². The van der Waals surface area contributed by atoms with Crippen LogP contribution in [0.3, 0.4) is 0 Å². The summed E-state index contributed by atoms with van der Waals surface area (Å²) in [6, 6.07) is 27.9. The third-order valence-electron chi connectivity index (χ3n) is 6.52. The maximum absolute atomic E-state index is 2.52. The molecular weight excluding hydrogens is 517 g/mol. The Balaban J connectivity index is 0.000000244. The van der Waals surface area contributed by atoms with Gasteiger partial charge in [0.2, 0.25) is 0 Å². The molecule has 0 fully saturated rings.